The van der Waals surface area contributed by atoms with Crippen molar-refractivity contribution >= 4 is 37.5 Å². The van der Waals surface area contributed by atoms with Crippen LogP contribution in [0.1, 0.15) is 40.5 Å². The number of ether oxygens (including phenoxy) is 2. The van der Waals surface area contributed by atoms with Gasteiger partial charge in [0.15, 0.2) is 0 Å². The summed E-state index contributed by atoms with van der Waals surface area (Å²) in [6.07, 6.45) is -6.33. The van der Waals surface area contributed by atoms with Gasteiger partial charge in [-0.1, -0.05) is 0 Å². The van der Waals surface area contributed by atoms with E-state index in [1.807, 2.05) is 0 Å². The molecule has 2 aromatic carbocycles. The summed E-state index contributed by atoms with van der Waals surface area (Å²) in [6.45, 7) is 4.02. The van der Waals surface area contributed by atoms with E-state index in [0.717, 1.165) is 34.6 Å². The van der Waals surface area contributed by atoms with E-state index in [4.69, 9.17) is 4.74 Å². The Morgan fingerprint density at radius 2 is 1.61 bits per heavy atom. The highest BCUT2D eigenvalue weighted by molar-refractivity contribution is 7.92. The van der Waals surface area contributed by atoms with Gasteiger partial charge >= 0.3 is 12.3 Å². The van der Waals surface area contributed by atoms with Gasteiger partial charge in [0.2, 0.25) is 15.6 Å². The Bertz CT molecular complexity index is 1540. The molecule has 1 aliphatic heterocycles. The zero-order valence-electron chi connectivity index (χ0n) is 22.5. The molecular weight excluding hydrogens is 594 g/mol. The summed E-state index contributed by atoms with van der Waals surface area (Å²) in [5, 5.41) is 1.60. The zero-order chi connectivity index (χ0) is 30.6. The van der Waals surface area contributed by atoms with Gasteiger partial charge in [-0.05, 0) is 83.0 Å². The van der Waals surface area contributed by atoms with E-state index in [2.05, 4.69) is 14.8 Å². The monoisotopic (exact) mass is 623 g/mol. The molecule has 0 bridgehead atoms. The third kappa shape index (κ3) is 6.54. The van der Waals surface area contributed by atoms with Gasteiger partial charge in [0.05, 0.1) is 27.9 Å². The zero-order valence-corrected chi connectivity index (χ0v) is 24.1. The van der Waals surface area contributed by atoms with Crippen molar-refractivity contribution < 1.29 is 48.7 Å². The van der Waals surface area contributed by atoms with Crippen LogP contribution in [0.5, 0.6) is 5.75 Å². The van der Waals surface area contributed by atoms with E-state index < -0.39 is 67.2 Å². The average molecular weight is 624 g/mol. The van der Waals surface area contributed by atoms with E-state index in [0.29, 0.717) is 26.7 Å². The molecule has 1 saturated carbocycles. The number of anilines is 2. The molecule has 0 spiro atoms. The number of carbonyl (C=O) groups excluding carboxylic acids is 1. The highest BCUT2D eigenvalue weighted by atomic mass is 32.2. The van der Waals surface area contributed by atoms with E-state index in [-0.39, 0.29) is 22.0 Å². The molecular formula is C25H29F4N3O7S2. The Hall–Kier alpha value is -3.11. The van der Waals surface area contributed by atoms with Crippen LogP contribution in [0.4, 0.5) is 33.7 Å². The van der Waals surface area contributed by atoms with Gasteiger partial charge in [-0.15, -0.1) is 0 Å². The fraction of sp³-hybridized carbons (Fsp3) is 0.480. The number of amides is 1. The summed E-state index contributed by atoms with van der Waals surface area (Å²) < 4.78 is 120. The number of carbonyl (C=O) groups is 1. The first-order chi connectivity index (χ1) is 18.7. The number of sulfonamides is 2. The number of alkyl halides is 3. The summed E-state index contributed by atoms with van der Waals surface area (Å²) in [5.41, 5.74) is -4.31. The number of hydrogen-bond acceptors (Lipinski definition) is 7. The van der Waals surface area contributed by atoms with Crippen molar-refractivity contribution in [1.29, 1.82) is 0 Å². The third-order valence-electron chi connectivity index (χ3n) is 6.68. The van der Waals surface area contributed by atoms with Crippen LogP contribution in [0.2, 0.25) is 0 Å². The van der Waals surface area contributed by atoms with Crippen molar-refractivity contribution in [2.24, 2.45) is 0 Å². The number of halogens is 4. The molecule has 0 saturated heterocycles. The van der Waals surface area contributed by atoms with Gasteiger partial charge in [-0.3, -0.25) is 9.62 Å². The number of nitrogens with one attached hydrogen (secondary N) is 2. The van der Waals surface area contributed by atoms with Gasteiger partial charge in [0.1, 0.15) is 17.7 Å². The van der Waals surface area contributed by atoms with Crippen LogP contribution in [0.3, 0.4) is 0 Å². The molecule has 226 valence electrons. The molecule has 1 amide bonds. The topological polar surface area (TPSA) is 131 Å². The largest absolute Gasteiger partial charge is 0.484 e. The highest BCUT2D eigenvalue weighted by Gasteiger charge is 2.51. The van der Waals surface area contributed by atoms with Gasteiger partial charge in [-0.2, -0.15) is 13.2 Å². The second-order valence-electron chi connectivity index (χ2n) is 10.9. The summed E-state index contributed by atoms with van der Waals surface area (Å²) >= 11 is 0. The minimum absolute atomic E-state index is 0.0137. The molecule has 1 aliphatic carbocycles. The Balaban J connectivity index is 1.70. The molecule has 1 fully saturated rings. The van der Waals surface area contributed by atoms with Crippen LogP contribution in [-0.4, -0.2) is 58.1 Å². The second kappa shape index (κ2) is 10.3. The first-order valence-electron chi connectivity index (χ1n) is 12.4. The summed E-state index contributed by atoms with van der Waals surface area (Å²) in [7, 11) is -8.12. The molecule has 0 unspecified atom stereocenters. The standard InChI is InChI=1S/C25H29F4N3O7S2/c1-23(2,31-40(34,35)17-10-11-17)21-14-32(41(36,37)18-8-5-15(26)6-9-18)19-13-16(7-12-20(19)38-21)30-22(33)39-24(3,4)25(27,28)29/h5-9,12-13,17,21,31H,10-11,14H2,1-4H3,(H,30,33)/t21-/m1/s1. The summed E-state index contributed by atoms with van der Waals surface area (Å²) in [6, 6.07) is 7.71. The van der Waals surface area contributed by atoms with Crippen molar-refractivity contribution in [2.75, 3.05) is 16.2 Å². The van der Waals surface area contributed by atoms with Crippen molar-refractivity contribution in [3.8, 4) is 5.75 Å². The minimum Gasteiger partial charge on any atom is -0.484 e. The Kier molecular flexibility index (Phi) is 7.75. The normalized spacial score (nSPS) is 18.3. The van der Waals surface area contributed by atoms with E-state index in [9.17, 15) is 39.2 Å². The van der Waals surface area contributed by atoms with Crippen LogP contribution in [0, 0.1) is 5.82 Å². The SMILES string of the molecule is CC(C)(NS(=O)(=O)C1CC1)[C@H]1CN(S(=O)(=O)c2ccc(F)cc2)c2cc(NC(=O)OC(C)(C)C(F)(F)F)ccc2O1. The molecule has 0 radical (unpaired) electrons. The maximum Gasteiger partial charge on any atom is 0.427 e. The number of fused-ring (bicyclic) bond motifs is 1. The molecule has 10 nitrogen and oxygen atoms in total. The van der Waals surface area contributed by atoms with E-state index >= 15 is 0 Å². The molecule has 2 N–H and O–H groups in total. The van der Waals surface area contributed by atoms with Crippen LogP contribution >= 0.6 is 0 Å². The summed E-state index contributed by atoms with van der Waals surface area (Å²) in [5.74, 6) is -0.688. The van der Waals surface area contributed by atoms with Crippen LogP contribution in [0.25, 0.3) is 0 Å². The average Bonchev–Trinajstić information content (AvgIpc) is 3.68. The number of benzene rings is 2. The maximum atomic E-state index is 13.7. The first kappa shape index (κ1) is 30.8. The quantitative estimate of drug-likeness (QED) is 0.413. The first-order valence-corrected chi connectivity index (χ1v) is 15.4. The van der Waals surface area contributed by atoms with Gasteiger partial charge in [0, 0.05) is 5.69 Å². The molecule has 2 aliphatic rings. The van der Waals surface area contributed by atoms with Crippen LogP contribution in [-0.2, 0) is 24.8 Å². The molecule has 2 aromatic rings. The van der Waals surface area contributed by atoms with Gasteiger partial charge < -0.3 is 9.47 Å². The number of hydrogen-bond donors (Lipinski definition) is 2. The lowest BCUT2D eigenvalue weighted by atomic mass is 9.97. The maximum absolute atomic E-state index is 13.7. The molecule has 4 rings (SSSR count). The third-order valence-corrected chi connectivity index (χ3v) is 10.6. The number of rotatable bonds is 8. The van der Waals surface area contributed by atoms with Gasteiger partial charge in [-0.25, -0.2) is 30.7 Å². The predicted octanol–water partition coefficient (Wildman–Crippen LogP) is 4.53. The molecule has 1 atom stereocenters. The fourth-order valence-corrected chi connectivity index (χ4v) is 7.25. The lowest BCUT2D eigenvalue weighted by Gasteiger charge is -2.42. The molecule has 16 heteroatoms. The van der Waals surface area contributed by atoms with Crippen molar-refractivity contribution in [3.05, 3.63) is 48.3 Å². The van der Waals surface area contributed by atoms with Gasteiger partial charge in [0.25, 0.3) is 10.0 Å². The van der Waals surface area contributed by atoms with E-state index in [1.165, 1.54) is 12.1 Å². The predicted molar refractivity (Wildman–Crippen MR) is 141 cm³/mol. The van der Waals surface area contributed by atoms with E-state index in [1.54, 1.807) is 13.8 Å². The Labute approximate surface area is 235 Å². The smallest absolute Gasteiger partial charge is 0.427 e. The van der Waals surface area contributed by atoms with Crippen molar-refractivity contribution in [1.82, 2.24) is 4.72 Å². The molecule has 0 aromatic heterocycles. The Morgan fingerprint density at radius 3 is 2.17 bits per heavy atom. The lowest BCUT2D eigenvalue weighted by molar-refractivity contribution is -0.242. The fourth-order valence-electron chi connectivity index (χ4n) is 3.99. The lowest BCUT2D eigenvalue weighted by Crippen LogP contribution is -2.60. The highest BCUT2D eigenvalue weighted by Crippen LogP contribution is 2.41. The molecule has 41 heavy (non-hydrogen) atoms. The summed E-state index contributed by atoms with van der Waals surface area (Å²) in [4.78, 5) is 12.0. The molecule has 1 heterocycles. The second-order valence-corrected chi connectivity index (χ2v) is 14.7. The van der Waals surface area contributed by atoms with Crippen molar-refractivity contribution in [3.63, 3.8) is 0 Å². The minimum atomic E-state index is -4.85. The van der Waals surface area contributed by atoms with Crippen LogP contribution in [0.15, 0.2) is 47.4 Å². The van der Waals surface area contributed by atoms with Crippen molar-refractivity contribution in [2.45, 2.75) is 74.1 Å². The number of nitrogens with zero attached hydrogens (tertiary/aromatic N) is 1. The Morgan fingerprint density at radius 1 is 1.00 bits per heavy atom. The van der Waals surface area contributed by atoms with Crippen LogP contribution < -0.4 is 19.1 Å².